The lowest BCUT2D eigenvalue weighted by molar-refractivity contribution is 0.0662. The third kappa shape index (κ3) is 4.31. The van der Waals surface area contributed by atoms with Crippen molar-refractivity contribution in [2.75, 3.05) is 26.7 Å². The van der Waals surface area contributed by atoms with Gasteiger partial charge in [0, 0.05) is 13.1 Å². The Morgan fingerprint density at radius 1 is 1.35 bits per heavy atom. The summed E-state index contributed by atoms with van der Waals surface area (Å²) in [5.74, 6) is 1.07. The van der Waals surface area contributed by atoms with E-state index in [0.29, 0.717) is 27.5 Å². The van der Waals surface area contributed by atoms with Gasteiger partial charge in [0.05, 0.1) is 10.0 Å². The Hall–Kier alpha value is -1.34. The molecule has 2 aromatic rings. The summed E-state index contributed by atoms with van der Waals surface area (Å²) in [6.45, 7) is 4.14. The Morgan fingerprint density at radius 2 is 2.04 bits per heavy atom. The first kappa shape index (κ1) is 21.0. The maximum Gasteiger partial charge on any atom is 0.293 e. The molecule has 9 heteroatoms. The van der Waals surface area contributed by atoms with E-state index >= 15 is 0 Å². The molecule has 6 nitrogen and oxygen atoms in total. The summed E-state index contributed by atoms with van der Waals surface area (Å²) >= 11 is 12.5. The third-order valence-corrected chi connectivity index (χ3v) is 5.02. The molecule has 1 atom stereocenters. The monoisotopic (exact) mass is 417 g/mol. The van der Waals surface area contributed by atoms with Crippen LogP contribution in [0.4, 0.5) is 0 Å². The number of hydrogen-bond donors (Lipinski definition) is 1. The van der Waals surface area contributed by atoms with Crippen molar-refractivity contribution in [1.29, 1.82) is 0 Å². The van der Waals surface area contributed by atoms with E-state index in [9.17, 15) is 4.79 Å². The lowest BCUT2D eigenvalue weighted by atomic mass is 9.98. The summed E-state index contributed by atoms with van der Waals surface area (Å²) < 4.78 is 1.53. The number of para-hydroxylation sites is 1. The molecule has 1 unspecified atom stereocenters. The number of carbonyl (C=O) groups is 1. The summed E-state index contributed by atoms with van der Waals surface area (Å²) in [5.41, 5.74) is 0.543. The number of hydrogen-bond acceptors (Lipinski definition) is 4. The summed E-state index contributed by atoms with van der Waals surface area (Å²) in [7, 11) is 1.93. The number of benzene rings is 1. The van der Waals surface area contributed by atoms with Gasteiger partial charge in [0.1, 0.15) is 11.5 Å². The minimum absolute atomic E-state index is 0. The lowest BCUT2D eigenvalue weighted by Gasteiger charge is -2.31. The van der Waals surface area contributed by atoms with Crippen molar-refractivity contribution in [3.63, 3.8) is 0 Å². The number of aromatic nitrogens is 3. The van der Waals surface area contributed by atoms with E-state index in [0.717, 1.165) is 32.5 Å². The van der Waals surface area contributed by atoms with Crippen LogP contribution in [0.5, 0.6) is 0 Å². The van der Waals surface area contributed by atoms with Crippen molar-refractivity contribution in [3.8, 4) is 5.69 Å². The average Bonchev–Trinajstić information content (AvgIpc) is 2.96. The number of carbonyl (C=O) groups excluding carboxylic acids is 1. The molecule has 1 amide bonds. The molecule has 1 aromatic heterocycles. The van der Waals surface area contributed by atoms with Gasteiger partial charge < -0.3 is 10.2 Å². The van der Waals surface area contributed by atoms with Gasteiger partial charge in [0.2, 0.25) is 5.82 Å². The van der Waals surface area contributed by atoms with Crippen LogP contribution in [0.1, 0.15) is 29.3 Å². The van der Waals surface area contributed by atoms with Gasteiger partial charge in [-0.2, -0.15) is 0 Å². The average molecular weight is 419 g/mol. The molecule has 0 aliphatic carbocycles. The molecule has 2 heterocycles. The van der Waals surface area contributed by atoms with E-state index in [-0.39, 0.29) is 24.1 Å². The standard InChI is InChI=1S/C17H21Cl2N5O.ClH/c1-11-21-16(17(25)23-8-4-5-12(10-23)9-20-2)22-24(11)15-13(18)6-3-7-14(15)19;/h3,6-7,12,20H,4-5,8-10H2,1-2H3;1H. The molecule has 1 N–H and O–H groups in total. The third-order valence-electron chi connectivity index (χ3n) is 4.41. The number of piperidine rings is 1. The first-order chi connectivity index (χ1) is 12.0. The van der Waals surface area contributed by atoms with Crippen molar-refractivity contribution in [3.05, 3.63) is 39.9 Å². The van der Waals surface area contributed by atoms with Crippen molar-refractivity contribution < 1.29 is 4.79 Å². The van der Waals surface area contributed by atoms with Gasteiger partial charge >= 0.3 is 0 Å². The Balaban J connectivity index is 0.00000243. The number of aryl methyl sites for hydroxylation is 1. The summed E-state index contributed by atoms with van der Waals surface area (Å²) in [5, 5.41) is 8.49. The molecule has 26 heavy (non-hydrogen) atoms. The van der Waals surface area contributed by atoms with Gasteiger partial charge in [-0.1, -0.05) is 29.3 Å². The maximum atomic E-state index is 12.8. The van der Waals surface area contributed by atoms with Gasteiger partial charge in [0.15, 0.2) is 0 Å². The predicted octanol–water partition coefficient (Wildman–Crippen LogP) is 3.38. The topological polar surface area (TPSA) is 63.1 Å². The summed E-state index contributed by atoms with van der Waals surface area (Å²) in [6, 6.07) is 5.23. The smallest absolute Gasteiger partial charge is 0.293 e. The van der Waals surface area contributed by atoms with E-state index in [1.54, 1.807) is 25.1 Å². The van der Waals surface area contributed by atoms with Crippen LogP contribution in [0.25, 0.3) is 5.69 Å². The van der Waals surface area contributed by atoms with Crippen LogP contribution in [0.3, 0.4) is 0 Å². The molecule has 1 saturated heterocycles. The van der Waals surface area contributed by atoms with Gasteiger partial charge in [-0.05, 0) is 51.4 Å². The van der Waals surface area contributed by atoms with Gasteiger partial charge in [-0.3, -0.25) is 4.79 Å². The fraction of sp³-hybridized carbons (Fsp3) is 0.471. The zero-order chi connectivity index (χ0) is 18.0. The SMILES string of the molecule is CNCC1CCCN(C(=O)c2nc(C)n(-c3c(Cl)cccc3Cl)n2)C1.Cl. The molecule has 1 aliphatic rings. The molecule has 142 valence electrons. The number of halogens is 3. The molecule has 1 aliphatic heterocycles. The maximum absolute atomic E-state index is 12.8. The number of rotatable bonds is 4. The number of likely N-dealkylation sites (tertiary alicyclic amines) is 1. The summed E-state index contributed by atoms with van der Waals surface area (Å²) in [6.07, 6.45) is 2.12. The molecular formula is C17H22Cl3N5O. The van der Waals surface area contributed by atoms with Gasteiger partial charge in [0.25, 0.3) is 5.91 Å². The molecule has 3 rings (SSSR count). The quantitative estimate of drug-likeness (QED) is 0.827. The molecule has 0 saturated carbocycles. The Bertz CT molecular complexity index is 758. The highest BCUT2D eigenvalue weighted by Gasteiger charge is 2.27. The van der Waals surface area contributed by atoms with E-state index in [4.69, 9.17) is 23.2 Å². The van der Waals surface area contributed by atoms with Crippen LogP contribution in [0.15, 0.2) is 18.2 Å². The largest absolute Gasteiger partial charge is 0.336 e. The van der Waals surface area contributed by atoms with E-state index < -0.39 is 0 Å². The molecule has 1 aromatic carbocycles. The number of nitrogens with one attached hydrogen (secondary N) is 1. The Labute approximate surface area is 169 Å². The van der Waals surface area contributed by atoms with Crippen LogP contribution in [-0.4, -0.2) is 52.3 Å². The lowest BCUT2D eigenvalue weighted by Crippen LogP contribution is -2.42. The zero-order valence-electron chi connectivity index (χ0n) is 14.7. The fourth-order valence-corrected chi connectivity index (χ4v) is 3.79. The van der Waals surface area contributed by atoms with Crippen molar-refractivity contribution in [2.24, 2.45) is 5.92 Å². The van der Waals surface area contributed by atoms with Crippen LogP contribution in [0, 0.1) is 12.8 Å². The van der Waals surface area contributed by atoms with Crippen molar-refractivity contribution in [2.45, 2.75) is 19.8 Å². The summed E-state index contributed by atoms with van der Waals surface area (Å²) in [4.78, 5) is 19.0. The van der Waals surface area contributed by atoms with Crippen LogP contribution in [0.2, 0.25) is 10.0 Å². The molecule has 0 radical (unpaired) electrons. The second kappa shape index (κ2) is 9.04. The zero-order valence-corrected chi connectivity index (χ0v) is 17.0. The number of nitrogens with zero attached hydrogens (tertiary/aromatic N) is 4. The molecule has 0 bridgehead atoms. The van der Waals surface area contributed by atoms with E-state index in [1.807, 2.05) is 11.9 Å². The van der Waals surface area contributed by atoms with Crippen molar-refractivity contribution >= 4 is 41.5 Å². The second-order valence-corrected chi connectivity index (χ2v) is 7.10. The minimum atomic E-state index is -0.147. The predicted molar refractivity (Wildman–Crippen MR) is 106 cm³/mol. The first-order valence-electron chi connectivity index (χ1n) is 8.33. The molecule has 0 spiro atoms. The van der Waals surface area contributed by atoms with Gasteiger partial charge in [-0.15, -0.1) is 17.5 Å². The number of amides is 1. The highest BCUT2D eigenvalue weighted by Crippen LogP contribution is 2.28. The Morgan fingerprint density at radius 3 is 2.69 bits per heavy atom. The molecular weight excluding hydrogens is 397 g/mol. The van der Waals surface area contributed by atoms with Crippen LogP contribution < -0.4 is 5.32 Å². The fourth-order valence-electron chi connectivity index (χ4n) is 3.23. The second-order valence-electron chi connectivity index (χ2n) is 6.28. The molecule has 1 fully saturated rings. The van der Waals surface area contributed by atoms with Crippen LogP contribution >= 0.6 is 35.6 Å². The first-order valence-corrected chi connectivity index (χ1v) is 9.08. The van der Waals surface area contributed by atoms with Gasteiger partial charge in [-0.25, -0.2) is 9.67 Å². The minimum Gasteiger partial charge on any atom is -0.336 e. The van der Waals surface area contributed by atoms with E-state index in [2.05, 4.69) is 15.4 Å². The highest BCUT2D eigenvalue weighted by molar-refractivity contribution is 6.37. The van der Waals surface area contributed by atoms with Crippen molar-refractivity contribution in [1.82, 2.24) is 25.0 Å². The normalized spacial score (nSPS) is 17.1. The Kier molecular flexibility index (Phi) is 7.29. The van der Waals surface area contributed by atoms with E-state index in [1.165, 1.54) is 4.68 Å². The van der Waals surface area contributed by atoms with Crippen LogP contribution in [-0.2, 0) is 0 Å². The highest BCUT2D eigenvalue weighted by atomic mass is 35.5.